The Bertz CT molecular complexity index is 1380. The fraction of sp³-hybridized carbons (Fsp3) is 0.250. The fourth-order valence-corrected chi connectivity index (χ4v) is 4.18. The van der Waals surface area contributed by atoms with Gasteiger partial charge in [0.05, 0.1) is 23.5 Å². The first-order chi connectivity index (χ1) is 16.8. The molecule has 1 heterocycles. The van der Waals surface area contributed by atoms with Crippen molar-refractivity contribution >= 4 is 30.1 Å². The maximum Gasteiger partial charge on any atom is 0.261 e. The molecule has 0 saturated heterocycles. The van der Waals surface area contributed by atoms with Crippen molar-refractivity contribution in [2.45, 2.75) is 19.5 Å². The van der Waals surface area contributed by atoms with E-state index in [0.717, 1.165) is 5.56 Å². The van der Waals surface area contributed by atoms with Gasteiger partial charge in [0.2, 0.25) is 0 Å². The zero-order valence-electron chi connectivity index (χ0n) is 20.4. The van der Waals surface area contributed by atoms with Gasteiger partial charge in [0, 0.05) is 18.7 Å². The van der Waals surface area contributed by atoms with E-state index in [0.29, 0.717) is 47.4 Å². The first-order valence-corrected chi connectivity index (χ1v) is 11.7. The molecule has 0 aliphatic rings. The number of nitrogens with zero attached hydrogens (tertiary/aromatic N) is 4. The molecule has 6 nitrogen and oxygen atoms in total. The first kappa shape index (κ1) is 24.4. The lowest BCUT2D eigenvalue weighted by Gasteiger charge is -2.31. The second-order valence-electron chi connectivity index (χ2n) is 8.97. The molecule has 0 bridgehead atoms. The van der Waals surface area contributed by atoms with Crippen LogP contribution in [0.3, 0.4) is 0 Å². The molecule has 7 heteroatoms. The summed E-state index contributed by atoms with van der Waals surface area (Å²) in [5, 5.41) is 0.557. The van der Waals surface area contributed by atoms with Crippen LogP contribution in [-0.4, -0.2) is 60.3 Å². The number of aromatic nitrogens is 2. The molecule has 0 N–H and O–H groups in total. The summed E-state index contributed by atoms with van der Waals surface area (Å²) in [5.74, 6) is 0.397. The zero-order valence-corrected chi connectivity index (χ0v) is 20.4. The third-order valence-corrected chi connectivity index (χ3v) is 6.10. The zero-order chi connectivity index (χ0) is 24.9. The van der Waals surface area contributed by atoms with E-state index in [1.54, 1.807) is 39.8 Å². The minimum Gasteiger partial charge on any atom is -0.327 e. The molecule has 0 spiro atoms. The van der Waals surface area contributed by atoms with Gasteiger partial charge >= 0.3 is 0 Å². The van der Waals surface area contributed by atoms with Crippen LogP contribution < -0.4 is 11.0 Å². The van der Waals surface area contributed by atoms with Crippen molar-refractivity contribution in [1.29, 1.82) is 0 Å². The average Bonchev–Trinajstić information content (AvgIpc) is 2.86. The van der Waals surface area contributed by atoms with E-state index >= 15 is 0 Å². The third kappa shape index (κ3) is 5.52. The molecule has 0 saturated carbocycles. The highest BCUT2D eigenvalue weighted by molar-refractivity contribution is 6.32. The van der Waals surface area contributed by atoms with E-state index in [4.69, 9.17) is 12.8 Å². The molecular formula is C28H29BN4O2. The van der Waals surface area contributed by atoms with Crippen LogP contribution in [-0.2, 0) is 6.54 Å². The van der Waals surface area contributed by atoms with Gasteiger partial charge in [-0.2, -0.15) is 0 Å². The van der Waals surface area contributed by atoms with Crippen molar-refractivity contribution in [2.75, 3.05) is 27.2 Å². The summed E-state index contributed by atoms with van der Waals surface area (Å²) < 4.78 is 1.69. The number of para-hydroxylation sites is 1. The van der Waals surface area contributed by atoms with Crippen LogP contribution in [0.4, 0.5) is 0 Å². The van der Waals surface area contributed by atoms with Gasteiger partial charge in [0.25, 0.3) is 11.5 Å². The SMILES string of the molecule is [B]c1cccc(C(=O)N(CCN(C)C)C(C)c2nc3ccccc3c(=O)n2Cc2ccccc2)c1. The van der Waals surface area contributed by atoms with Gasteiger partial charge in [0.15, 0.2) is 0 Å². The third-order valence-electron chi connectivity index (χ3n) is 6.10. The van der Waals surface area contributed by atoms with Gasteiger partial charge in [0.1, 0.15) is 13.7 Å². The topological polar surface area (TPSA) is 58.4 Å². The molecule has 1 unspecified atom stereocenters. The minimum atomic E-state index is -0.454. The van der Waals surface area contributed by atoms with Crippen molar-refractivity contribution in [2.24, 2.45) is 0 Å². The van der Waals surface area contributed by atoms with Gasteiger partial charge in [-0.15, -0.1) is 0 Å². The van der Waals surface area contributed by atoms with Crippen LogP contribution in [0.25, 0.3) is 10.9 Å². The first-order valence-electron chi connectivity index (χ1n) is 11.7. The van der Waals surface area contributed by atoms with Crippen LogP contribution in [0.1, 0.15) is 34.7 Å². The van der Waals surface area contributed by atoms with Gasteiger partial charge < -0.3 is 9.80 Å². The number of likely N-dealkylation sites (N-methyl/N-ethyl adjacent to an activating group) is 1. The highest BCUT2D eigenvalue weighted by Gasteiger charge is 2.27. The van der Waals surface area contributed by atoms with Crippen molar-refractivity contribution in [3.05, 3.63) is 106 Å². The number of carbonyl (C=O) groups excluding carboxylic acids is 1. The second kappa shape index (κ2) is 10.7. The Morgan fingerprint density at radius 2 is 1.69 bits per heavy atom. The number of benzene rings is 3. The normalized spacial score (nSPS) is 12.1. The largest absolute Gasteiger partial charge is 0.327 e. The van der Waals surface area contributed by atoms with Crippen LogP contribution in [0.2, 0.25) is 0 Å². The maximum atomic E-state index is 13.7. The van der Waals surface area contributed by atoms with E-state index < -0.39 is 6.04 Å². The summed E-state index contributed by atoms with van der Waals surface area (Å²) in [6.07, 6.45) is 0. The number of amides is 1. The highest BCUT2D eigenvalue weighted by atomic mass is 16.2. The Morgan fingerprint density at radius 3 is 2.40 bits per heavy atom. The maximum absolute atomic E-state index is 13.7. The predicted octanol–water partition coefficient (Wildman–Crippen LogP) is 3.00. The number of hydrogen-bond donors (Lipinski definition) is 0. The molecule has 4 rings (SSSR count). The Balaban J connectivity index is 1.84. The van der Waals surface area contributed by atoms with Gasteiger partial charge in [-0.3, -0.25) is 14.2 Å². The predicted molar refractivity (Wildman–Crippen MR) is 141 cm³/mol. The smallest absolute Gasteiger partial charge is 0.261 e. The van der Waals surface area contributed by atoms with Crippen molar-refractivity contribution in [3.8, 4) is 0 Å². The Morgan fingerprint density at radius 1 is 0.971 bits per heavy atom. The van der Waals surface area contributed by atoms with E-state index in [2.05, 4.69) is 0 Å². The molecule has 1 aromatic heterocycles. The molecule has 0 aliphatic carbocycles. The number of fused-ring (bicyclic) bond motifs is 1. The molecule has 3 aromatic carbocycles. The molecule has 4 aromatic rings. The number of rotatable bonds is 8. The summed E-state index contributed by atoms with van der Waals surface area (Å²) in [5.41, 5.74) is 2.52. The van der Waals surface area contributed by atoms with E-state index in [-0.39, 0.29) is 11.5 Å². The van der Waals surface area contributed by atoms with Crippen molar-refractivity contribution in [1.82, 2.24) is 19.4 Å². The van der Waals surface area contributed by atoms with E-state index in [9.17, 15) is 9.59 Å². The van der Waals surface area contributed by atoms with Crippen LogP contribution >= 0.6 is 0 Å². The van der Waals surface area contributed by atoms with Gasteiger partial charge in [-0.25, -0.2) is 4.98 Å². The van der Waals surface area contributed by atoms with Crippen molar-refractivity contribution < 1.29 is 4.79 Å². The lowest BCUT2D eigenvalue weighted by molar-refractivity contribution is 0.0665. The number of hydrogen-bond acceptors (Lipinski definition) is 4. The van der Waals surface area contributed by atoms with E-state index in [1.807, 2.05) is 74.4 Å². The summed E-state index contributed by atoms with van der Waals surface area (Å²) in [7, 11) is 9.89. The molecule has 1 amide bonds. The summed E-state index contributed by atoms with van der Waals surface area (Å²) in [4.78, 5) is 36.0. The molecule has 0 aliphatic heterocycles. The molecular weight excluding hydrogens is 435 g/mol. The summed E-state index contributed by atoms with van der Waals surface area (Å²) in [6.45, 7) is 3.42. The average molecular weight is 464 g/mol. The lowest BCUT2D eigenvalue weighted by atomic mass is 9.94. The standard InChI is InChI=1S/C28H29BN4O2/c1-20(32(17-16-31(2)3)27(34)22-12-9-13-23(29)18-22)26-30-25-15-8-7-14-24(25)28(35)33(26)19-21-10-5-4-6-11-21/h4-15,18,20H,16-17,19H2,1-3H3. The summed E-state index contributed by atoms with van der Waals surface area (Å²) in [6, 6.07) is 23.7. The van der Waals surface area contributed by atoms with E-state index in [1.165, 1.54) is 0 Å². The lowest BCUT2D eigenvalue weighted by Crippen LogP contribution is -2.41. The monoisotopic (exact) mass is 464 g/mol. The molecule has 35 heavy (non-hydrogen) atoms. The fourth-order valence-electron chi connectivity index (χ4n) is 4.18. The van der Waals surface area contributed by atoms with Crippen LogP contribution in [0.5, 0.6) is 0 Å². The van der Waals surface area contributed by atoms with Crippen LogP contribution in [0, 0.1) is 0 Å². The van der Waals surface area contributed by atoms with Gasteiger partial charge in [-0.1, -0.05) is 66.1 Å². The second-order valence-corrected chi connectivity index (χ2v) is 8.97. The quantitative estimate of drug-likeness (QED) is 0.377. The Hall–Kier alpha value is -3.71. The van der Waals surface area contributed by atoms with Crippen molar-refractivity contribution in [3.63, 3.8) is 0 Å². The Labute approximate surface area is 207 Å². The summed E-state index contributed by atoms with van der Waals surface area (Å²) >= 11 is 0. The number of carbonyl (C=O) groups is 1. The van der Waals surface area contributed by atoms with Gasteiger partial charge in [-0.05, 0) is 44.8 Å². The van der Waals surface area contributed by atoms with Crippen LogP contribution in [0.15, 0.2) is 83.7 Å². The Kier molecular flexibility index (Phi) is 7.47. The molecule has 0 fully saturated rings. The molecule has 1 atom stereocenters. The minimum absolute atomic E-state index is 0.120. The molecule has 176 valence electrons. The highest BCUT2D eigenvalue weighted by Crippen LogP contribution is 2.23. The molecule has 2 radical (unpaired) electrons.